The van der Waals surface area contributed by atoms with Crippen LogP contribution in [0.1, 0.15) is 49.8 Å². The first-order valence-electron chi connectivity index (χ1n) is 6.29. The normalized spacial score (nSPS) is 20.5. The van der Waals surface area contributed by atoms with Crippen LogP contribution in [-0.2, 0) is 0 Å². The van der Waals surface area contributed by atoms with Gasteiger partial charge in [-0.15, -0.1) is 0 Å². The van der Waals surface area contributed by atoms with Crippen molar-refractivity contribution in [1.82, 2.24) is 5.43 Å². The molecule has 0 amide bonds. The van der Waals surface area contributed by atoms with E-state index >= 15 is 0 Å². The highest BCUT2D eigenvalue weighted by Crippen LogP contribution is 2.47. The van der Waals surface area contributed by atoms with Crippen molar-refractivity contribution < 1.29 is 4.39 Å². The van der Waals surface area contributed by atoms with Crippen LogP contribution in [0.5, 0.6) is 0 Å². The fourth-order valence-electron chi connectivity index (χ4n) is 3.02. The van der Waals surface area contributed by atoms with Gasteiger partial charge in [0.2, 0.25) is 0 Å². The summed E-state index contributed by atoms with van der Waals surface area (Å²) in [5.41, 5.74) is 4.68. The van der Waals surface area contributed by atoms with Crippen molar-refractivity contribution in [1.29, 1.82) is 0 Å². The number of aryl methyl sites for hydroxylation is 1. The summed E-state index contributed by atoms with van der Waals surface area (Å²) in [6.07, 6.45) is 4.63. The zero-order valence-electron chi connectivity index (χ0n) is 10.6. The molecule has 1 aromatic rings. The minimum absolute atomic E-state index is 0.0728. The Hall–Kier alpha value is -0.930. The van der Waals surface area contributed by atoms with Gasteiger partial charge < -0.3 is 0 Å². The van der Waals surface area contributed by atoms with E-state index in [1.165, 1.54) is 18.9 Å². The van der Waals surface area contributed by atoms with E-state index in [1.54, 1.807) is 6.07 Å². The van der Waals surface area contributed by atoms with Crippen LogP contribution in [0.25, 0.3) is 0 Å². The first kappa shape index (κ1) is 12.5. The van der Waals surface area contributed by atoms with Gasteiger partial charge in [0.25, 0.3) is 0 Å². The summed E-state index contributed by atoms with van der Waals surface area (Å²) >= 11 is 0. The van der Waals surface area contributed by atoms with Crippen LogP contribution in [-0.4, -0.2) is 0 Å². The third kappa shape index (κ3) is 2.35. The van der Waals surface area contributed by atoms with Gasteiger partial charge in [0, 0.05) is 5.56 Å². The molecule has 0 aromatic heterocycles. The molecule has 1 unspecified atom stereocenters. The van der Waals surface area contributed by atoms with E-state index in [2.05, 4.69) is 12.3 Å². The minimum atomic E-state index is -0.160. The minimum Gasteiger partial charge on any atom is -0.271 e. The molecule has 0 heterocycles. The Labute approximate surface area is 102 Å². The molecule has 1 aromatic carbocycles. The van der Waals surface area contributed by atoms with Crippen LogP contribution >= 0.6 is 0 Å². The van der Waals surface area contributed by atoms with E-state index in [-0.39, 0.29) is 17.3 Å². The lowest BCUT2D eigenvalue weighted by Gasteiger charge is -2.34. The molecular formula is C14H21FN2. The molecular weight excluding hydrogens is 215 g/mol. The number of halogens is 1. The van der Waals surface area contributed by atoms with Crippen LogP contribution < -0.4 is 11.3 Å². The second kappa shape index (κ2) is 4.75. The molecule has 94 valence electrons. The molecule has 0 aliphatic heterocycles. The number of rotatable bonds is 3. The molecule has 0 spiro atoms. The van der Waals surface area contributed by atoms with E-state index in [0.717, 1.165) is 18.4 Å². The van der Waals surface area contributed by atoms with Crippen molar-refractivity contribution in [3.63, 3.8) is 0 Å². The zero-order chi connectivity index (χ0) is 12.5. The molecule has 17 heavy (non-hydrogen) atoms. The monoisotopic (exact) mass is 236 g/mol. The van der Waals surface area contributed by atoms with Crippen molar-refractivity contribution in [2.45, 2.75) is 45.6 Å². The van der Waals surface area contributed by atoms with Gasteiger partial charge in [-0.05, 0) is 31.2 Å². The average Bonchev–Trinajstić information content (AvgIpc) is 2.72. The van der Waals surface area contributed by atoms with Crippen molar-refractivity contribution in [2.75, 3.05) is 0 Å². The van der Waals surface area contributed by atoms with Gasteiger partial charge in [-0.1, -0.05) is 37.5 Å². The summed E-state index contributed by atoms with van der Waals surface area (Å²) in [7, 11) is 0. The third-order valence-electron chi connectivity index (χ3n) is 4.07. The zero-order valence-corrected chi connectivity index (χ0v) is 10.6. The third-order valence-corrected chi connectivity index (χ3v) is 4.07. The first-order valence-corrected chi connectivity index (χ1v) is 6.29. The molecule has 2 nitrogen and oxygen atoms in total. The Morgan fingerprint density at radius 3 is 2.59 bits per heavy atom. The Balaban J connectivity index is 2.37. The summed E-state index contributed by atoms with van der Waals surface area (Å²) in [6.45, 7) is 4.18. The van der Waals surface area contributed by atoms with E-state index in [9.17, 15) is 4.39 Å². The number of hydrogen-bond donors (Lipinski definition) is 2. The van der Waals surface area contributed by atoms with Gasteiger partial charge in [-0.25, -0.2) is 4.39 Å². The predicted molar refractivity (Wildman–Crippen MR) is 67.8 cm³/mol. The Bertz CT molecular complexity index is 397. The van der Waals surface area contributed by atoms with Gasteiger partial charge in [-0.3, -0.25) is 11.3 Å². The molecule has 3 N–H and O–H groups in total. The maximum absolute atomic E-state index is 13.9. The molecule has 1 saturated carbocycles. The molecule has 1 aliphatic carbocycles. The van der Waals surface area contributed by atoms with Crippen molar-refractivity contribution in [3.05, 3.63) is 35.1 Å². The molecule has 3 heteroatoms. The summed E-state index contributed by atoms with van der Waals surface area (Å²) < 4.78 is 13.9. The summed E-state index contributed by atoms with van der Waals surface area (Å²) in [5, 5.41) is 0. The maximum Gasteiger partial charge on any atom is 0.128 e. The Morgan fingerprint density at radius 2 is 2.00 bits per heavy atom. The lowest BCUT2D eigenvalue weighted by atomic mass is 9.77. The first-order chi connectivity index (χ1) is 8.07. The molecule has 0 radical (unpaired) electrons. The highest BCUT2D eigenvalue weighted by atomic mass is 19.1. The molecule has 1 aliphatic rings. The van der Waals surface area contributed by atoms with Crippen LogP contribution in [0.3, 0.4) is 0 Å². The second-order valence-electron chi connectivity index (χ2n) is 5.49. The number of nitrogens with one attached hydrogen (secondary N) is 1. The Kier molecular flexibility index (Phi) is 3.50. The van der Waals surface area contributed by atoms with E-state index < -0.39 is 0 Å². The largest absolute Gasteiger partial charge is 0.271 e. The fourth-order valence-corrected chi connectivity index (χ4v) is 3.02. The number of nitrogens with two attached hydrogens (primary N) is 1. The maximum atomic E-state index is 13.9. The number of benzene rings is 1. The smallest absolute Gasteiger partial charge is 0.128 e. The topological polar surface area (TPSA) is 38.0 Å². The predicted octanol–water partition coefficient (Wildman–Crippen LogP) is 3.22. The van der Waals surface area contributed by atoms with Gasteiger partial charge >= 0.3 is 0 Å². The molecule has 2 rings (SSSR count). The van der Waals surface area contributed by atoms with Crippen molar-refractivity contribution in [3.8, 4) is 0 Å². The fraction of sp³-hybridized carbons (Fsp3) is 0.571. The van der Waals surface area contributed by atoms with Crippen molar-refractivity contribution in [2.24, 2.45) is 11.3 Å². The Morgan fingerprint density at radius 1 is 1.35 bits per heavy atom. The van der Waals surface area contributed by atoms with E-state index in [4.69, 9.17) is 5.84 Å². The summed E-state index contributed by atoms with van der Waals surface area (Å²) in [6, 6.07) is 5.14. The van der Waals surface area contributed by atoms with Gasteiger partial charge in [0.1, 0.15) is 5.82 Å². The molecule has 0 saturated heterocycles. The van der Waals surface area contributed by atoms with Gasteiger partial charge in [0.05, 0.1) is 6.04 Å². The van der Waals surface area contributed by atoms with Crippen LogP contribution in [0.2, 0.25) is 0 Å². The number of hydrogen-bond acceptors (Lipinski definition) is 2. The van der Waals surface area contributed by atoms with Crippen molar-refractivity contribution >= 4 is 0 Å². The highest BCUT2D eigenvalue weighted by molar-refractivity contribution is 5.28. The lowest BCUT2D eigenvalue weighted by Crippen LogP contribution is -2.39. The highest BCUT2D eigenvalue weighted by Gasteiger charge is 2.38. The molecule has 1 atom stereocenters. The van der Waals surface area contributed by atoms with Gasteiger partial charge in [0.15, 0.2) is 0 Å². The van der Waals surface area contributed by atoms with Crippen LogP contribution in [0.15, 0.2) is 18.2 Å². The van der Waals surface area contributed by atoms with Gasteiger partial charge in [-0.2, -0.15) is 0 Å². The summed E-state index contributed by atoms with van der Waals surface area (Å²) in [5.74, 6) is 5.51. The summed E-state index contributed by atoms with van der Waals surface area (Å²) in [4.78, 5) is 0. The molecule has 0 bridgehead atoms. The SMILES string of the molecule is Cc1ccc(F)c(C(NN)C2(C)CCCC2)c1. The number of hydrazine groups is 1. The van der Waals surface area contributed by atoms with Crippen LogP contribution in [0.4, 0.5) is 4.39 Å². The second-order valence-corrected chi connectivity index (χ2v) is 5.49. The van der Waals surface area contributed by atoms with Crippen LogP contribution in [0, 0.1) is 18.2 Å². The average molecular weight is 236 g/mol. The molecule has 1 fully saturated rings. The van der Waals surface area contributed by atoms with E-state index in [0.29, 0.717) is 5.56 Å². The quantitative estimate of drug-likeness (QED) is 0.624. The standard InChI is InChI=1S/C14H21FN2/c1-10-5-6-12(15)11(9-10)13(17-16)14(2)7-3-4-8-14/h5-6,9,13,17H,3-4,7-8,16H2,1-2H3. The lowest BCUT2D eigenvalue weighted by molar-refractivity contribution is 0.220. The van der Waals surface area contributed by atoms with E-state index in [1.807, 2.05) is 13.0 Å².